The minimum absolute atomic E-state index is 0.133. The van der Waals surface area contributed by atoms with Crippen molar-refractivity contribution in [3.8, 4) is 0 Å². The minimum atomic E-state index is 0.133. The average Bonchev–Trinajstić information content (AvgIpc) is 2.72. The van der Waals surface area contributed by atoms with E-state index in [1.54, 1.807) is 6.33 Å². The maximum atomic E-state index is 12.6. The Kier molecular flexibility index (Phi) is 5.20. The van der Waals surface area contributed by atoms with Gasteiger partial charge in [0.25, 0.3) is 0 Å². The highest BCUT2D eigenvalue weighted by Gasteiger charge is 2.25. The van der Waals surface area contributed by atoms with Crippen LogP contribution in [0.3, 0.4) is 0 Å². The number of hydrogen-bond donors (Lipinski definition) is 0. The van der Waals surface area contributed by atoms with E-state index in [2.05, 4.69) is 46.1 Å². The number of carbonyl (C=O) groups is 1. The second kappa shape index (κ2) is 7.92. The number of anilines is 2. The van der Waals surface area contributed by atoms with Gasteiger partial charge < -0.3 is 19.4 Å². The van der Waals surface area contributed by atoms with Crippen LogP contribution in [0.2, 0.25) is 0 Å². The summed E-state index contributed by atoms with van der Waals surface area (Å²) in [6.07, 6.45) is 1.59. The second-order valence-electron chi connectivity index (χ2n) is 7.06. The zero-order valence-electron chi connectivity index (χ0n) is 15.7. The second-order valence-corrected chi connectivity index (χ2v) is 7.06. The largest absolute Gasteiger partial charge is 0.378 e. The van der Waals surface area contributed by atoms with Gasteiger partial charge in [-0.2, -0.15) is 0 Å². The van der Waals surface area contributed by atoms with Crippen molar-refractivity contribution in [3.05, 3.63) is 47.8 Å². The first-order chi connectivity index (χ1) is 13.2. The Balaban J connectivity index is 1.40. The third-order valence-electron chi connectivity index (χ3n) is 5.11. The van der Waals surface area contributed by atoms with Gasteiger partial charge in [0, 0.05) is 38.8 Å². The SMILES string of the molecule is Cc1ccc(CN2CCN(c3cc(N4CCOCC4)ncn3)CC2=O)cc1. The molecule has 142 valence electrons. The van der Waals surface area contributed by atoms with E-state index in [0.717, 1.165) is 44.5 Å². The summed E-state index contributed by atoms with van der Waals surface area (Å²) < 4.78 is 5.40. The lowest BCUT2D eigenvalue weighted by Gasteiger charge is -2.35. The first-order valence-corrected chi connectivity index (χ1v) is 9.42. The molecule has 0 aliphatic carbocycles. The number of piperazine rings is 1. The van der Waals surface area contributed by atoms with Gasteiger partial charge in [-0.1, -0.05) is 29.8 Å². The fourth-order valence-corrected chi connectivity index (χ4v) is 3.46. The van der Waals surface area contributed by atoms with E-state index in [-0.39, 0.29) is 5.91 Å². The topological polar surface area (TPSA) is 61.8 Å². The molecule has 27 heavy (non-hydrogen) atoms. The maximum absolute atomic E-state index is 12.6. The van der Waals surface area contributed by atoms with Crippen LogP contribution in [0.4, 0.5) is 11.6 Å². The Labute approximate surface area is 159 Å². The number of morpholine rings is 1. The van der Waals surface area contributed by atoms with Crippen LogP contribution >= 0.6 is 0 Å². The number of carbonyl (C=O) groups excluding carboxylic acids is 1. The standard InChI is InChI=1S/C20H25N5O2/c1-16-2-4-17(5-3-16)13-25-7-6-24(14-20(25)26)19-12-18(21-15-22-19)23-8-10-27-11-9-23/h2-5,12,15H,6-11,13-14H2,1H3. The normalized spacial score (nSPS) is 18.1. The predicted octanol–water partition coefficient (Wildman–Crippen LogP) is 1.47. The molecule has 0 N–H and O–H groups in total. The van der Waals surface area contributed by atoms with Crippen molar-refractivity contribution in [1.29, 1.82) is 0 Å². The van der Waals surface area contributed by atoms with E-state index in [1.165, 1.54) is 11.1 Å². The van der Waals surface area contributed by atoms with Gasteiger partial charge in [0.05, 0.1) is 19.8 Å². The molecule has 0 saturated carbocycles. The first-order valence-electron chi connectivity index (χ1n) is 9.42. The number of amides is 1. The van der Waals surface area contributed by atoms with Crippen LogP contribution in [-0.2, 0) is 16.1 Å². The lowest BCUT2D eigenvalue weighted by molar-refractivity contribution is -0.131. The van der Waals surface area contributed by atoms with Gasteiger partial charge >= 0.3 is 0 Å². The van der Waals surface area contributed by atoms with Crippen molar-refractivity contribution < 1.29 is 9.53 Å². The Bertz CT molecular complexity index is 789. The molecule has 1 amide bonds. The monoisotopic (exact) mass is 367 g/mol. The number of benzene rings is 1. The number of rotatable bonds is 4. The number of hydrogen-bond acceptors (Lipinski definition) is 6. The van der Waals surface area contributed by atoms with Crippen molar-refractivity contribution in [2.24, 2.45) is 0 Å². The van der Waals surface area contributed by atoms with Crippen LogP contribution in [0, 0.1) is 6.92 Å². The molecule has 0 bridgehead atoms. The molecule has 2 saturated heterocycles. The summed E-state index contributed by atoms with van der Waals surface area (Å²) in [5, 5.41) is 0. The van der Waals surface area contributed by atoms with Gasteiger partial charge in [-0.3, -0.25) is 4.79 Å². The van der Waals surface area contributed by atoms with Gasteiger partial charge in [0.15, 0.2) is 0 Å². The molecule has 0 spiro atoms. The van der Waals surface area contributed by atoms with E-state index in [4.69, 9.17) is 4.74 Å². The third kappa shape index (κ3) is 4.19. The van der Waals surface area contributed by atoms with E-state index in [1.807, 2.05) is 15.9 Å². The van der Waals surface area contributed by atoms with Crippen LogP contribution in [0.25, 0.3) is 0 Å². The number of aryl methyl sites for hydroxylation is 1. The van der Waals surface area contributed by atoms with Crippen LogP contribution < -0.4 is 9.80 Å². The lowest BCUT2D eigenvalue weighted by atomic mass is 10.1. The molecule has 2 aliphatic rings. The number of aromatic nitrogens is 2. The van der Waals surface area contributed by atoms with Crippen LogP contribution in [-0.4, -0.2) is 66.7 Å². The molecule has 1 aromatic carbocycles. The summed E-state index contributed by atoms with van der Waals surface area (Å²) in [7, 11) is 0. The van der Waals surface area contributed by atoms with E-state index < -0.39 is 0 Å². The summed E-state index contributed by atoms with van der Waals surface area (Å²) in [5.74, 6) is 1.85. The van der Waals surface area contributed by atoms with Crippen molar-refractivity contribution in [3.63, 3.8) is 0 Å². The molecule has 2 aromatic rings. The number of nitrogens with zero attached hydrogens (tertiary/aromatic N) is 5. The van der Waals surface area contributed by atoms with Crippen molar-refractivity contribution >= 4 is 17.5 Å². The zero-order chi connectivity index (χ0) is 18.6. The van der Waals surface area contributed by atoms with E-state index in [9.17, 15) is 4.79 Å². The quantitative estimate of drug-likeness (QED) is 0.816. The van der Waals surface area contributed by atoms with Gasteiger partial charge in [-0.25, -0.2) is 9.97 Å². The molecule has 0 unspecified atom stereocenters. The third-order valence-corrected chi connectivity index (χ3v) is 5.11. The summed E-state index contributed by atoms with van der Waals surface area (Å²) >= 11 is 0. The summed E-state index contributed by atoms with van der Waals surface area (Å²) in [6, 6.07) is 10.3. The van der Waals surface area contributed by atoms with Crippen LogP contribution in [0.1, 0.15) is 11.1 Å². The van der Waals surface area contributed by atoms with Gasteiger partial charge in [-0.15, -0.1) is 0 Å². The average molecular weight is 367 g/mol. The maximum Gasteiger partial charge on any atom is 0.242 e. The molecule has 0 radical (unpaired) electrons. The van der Waals surface area contributed by atoms with E-state index >= 15 is 0 Å². The smallest absolute Gasteiger partial charge is 0.242 e. The molecule has 1 aromatic heterocycles. The Morgan fingerprint density at radius 1 is 0.963 bits per heavy atom. The molecule has 7 nitrogen and oxygen atoms in total. The lowest BCUT2D eigenvalue weighted by Crippen LogP contribution is -2.50. The van der Waals surface area contributed by atoms with E-state index in [0.29, 0.717) is 19.6 Å². The fourth-order valence-electron chi connectivity index (χ4n) is 3.46. The Hall–Kier alpha value is -2.67. The molecule has 4 rings (SSSR count). The predicted molar refractivity (Wildman–Crippen MR) is 104 cm³/mol. The summed E-state index contributed by atoms with van der Waals surface area (Å²) in [5.41, 5.74) is 2.40. The first kappa shape index (κ1) is 17.7. The minimum Gasteiger partial charge on any atom is -0.378 e. The Morgan fingerprint density at radius 2 is 1.67 bits per heavy atom. The van der Waals surface area contributed by atoms with Crippen molar-refractivity contribution in [1.82, 2.24) is 14.9 Å². The van der Waals surface area contributed by atoms with Gasteiger partial charge in [0.2, 0.25) is 5.91 Å². The summed E-state index contributed by atoms with van der Waals surface area (Å²) in [6.45, 7) is 7.66. The highest BCUT2D eigenvalue weighted by molar-refractivity contribution is 5.82. The molecule has 2 fully saturated rings. The fraction of sp³-hybridized carbons (Fsp3) is 0.450. The van der Waals surface area contributed by atoms with Gasteiger partial charge in [0.1, 0.15) is 18.0 Å². The highest BCUT2D eigenvalue weighted by Crippen LogP contribution is 2.20. The highest BCUT2D eigenvalue weighted by atomic mass is 16.5. The zero-order valence-corrected chi connectivity index (χ0v) is 15.7. The van der Waals surface area contributed by atoms with Crippen LogP contribution in [0.5, 0.6) is 0 Å². The Morgan fingerprint density at radius 3 is 2.37 bits per heavy atom. The van der Waals surface area contributed by atoms with Crippen LogP contribution in [0.15, 0.2) is 36.7 Å². The molecule has 3 heterocycles. The van der Waals surface area contributed by atoms with Gasteiger partial charge in [-0.05, 0) is 12.5 Å². The molecular formula is C20H25N5O2. The number of ether oxygens (including phenoxy) is 1. The summed E-state index contributed by atoms with van der Waals surface area (Å²) in [4.78, 5) is 27.6. The van der Waals surface area contributed by atoms with Crippen molar-refractivity contribution in [2.75, 3.05) is 55.7 Å². The van der Waals surface area contributed by atoms with Crippen molar-refractivity contribution in [2.45, 2.75) is 13.5 Å². The molecule has 0 atom stereocenters. The molecule has 2 aliphatic heterocycles. The molecular weight excluding hydrogens is 342 g/mol. The molecule has 7 heteroatoms.